The van der Waals surface area contributed by atoms with Crippen LogP contribution in [0.4, 0.5) is 0 Å². The maximum atomic E-state index is 12.0. The average Bonchev–Trinajstić information content (AvgIpc) is 2.36. The number of carbonyl (C=O) groups excluding carboxylic acids is 1. The van der Waals surface area contributed by atoms with Crippen molar-refractivity contribution in [2.75, 3.05) is 19.6 Å². The average molecular weight is 239 g/mol. The molecule has 1 saturated carbocycles. The lowest BCUT2D eigenvalue weighted by atomic mass is 9.79. The first-order chi connectivity index (χ1) is 8.21. The van der Waals surface area contributed by atoms with Crippen molar-refractivity contribution in [2.45, 2.75) is 59.3 Å². The maximum absolute atomic E-state index is 12.0. The third-order valence-electron chi connectivity index (χ3n) is 4.20. The van der Waals surface area contributed by atoms with Gasteiger partial charge in [0.1, 0.15) is 5.78 Å². The van der Waals surface area contributed by atoms with Crippen LogP contribution in [0.3, 0.4) is 0 Å². The van der Waals surface area contributed by atoms with Crippen LogP contribution in [-0.4, -0.2) is 30.3 Å². The second-order valence-corrected chi connectivity index (χ2v) is 5.46. The van der Waals surface area contributed by atoms with Crippen LogP contribution in [-0.2, 0) is 4.79 Å². The van der Waals surface area contributed by atoms with Crippen LogP contribution in [0.25, 0.3) is 0 Å². The van der Waals surface area contributed by atoms with E-state index in [0.29, 0.717) is 11.7 Å². The minimum Gasteiger partial charge on any atom is -0.303 e. The van der Waals surface area contributed by atoms with Crippen molar-refractivity contribution in [3.63, 3.8) is 0 Å². The molecule has 0 heterocycles. The third kappa shape index (κ3) is 4.79. The Kier molecular flexibility index (Phi) is 6.79. The molecule has 0 bridgehead atoms. The number of rotatable bonds is 7. The summed E-state index contributed by atoms with van der Waals surface area (Å²) < 4.78 is 0. The lowest BCUT2D eigenvalue weighted by Gasteiger charge is -2.31. The van der Waals surface area contributed by atoms with Crippen LogP contribution in [0, 0.1) is 11.8 Å². The molecular formula is C15H29NO. The van der Waals surface area contributed by atoms with E-state index in [4.69, 9.17) is 0 Å². The van der Waals surface area contributed by atoms with E-state index >= 15 is 0 Å². The monoisotopic (exact) mass is 239 g/mol. The van der Waals surface area contributed by atoms with Crippen LogP contribution in [0.1, 0.15) is 59.3 Å². The zero-order valence-electron chi connectivity index (χ0n) is 11.9. The normalized spacial score (nSPS) is 25.5. The molecule has 0 spiro atoms. The molecule has 0 aromatic carbocycles. The Hall–Kier alpha value is -0.370. The van der Waals surface area contributed by atoms with Gasteiger partial charge in [-0.25, -0.2) is 0 Å². The van der Waals surface area contributed by atoms with Gasteiger partial charge >= 0.3 is 0 Å². The minimum atomic E-state index is 0.325. The Balaban J connectivity index is 2.43. The predicted molar refractivity (Wildman–Crippen MR) is 73.2 cm³/mol. The maximum Gasteiger partial charge on any atom is 0.137 e. The molecule has 0 amide bonds. The molecule has 1 aliphatic carbocycles. The highest BCUT2D eigenvalue weighted by Gasteiger charge is 2.28. The van der Waals surface area contributed by atoms with Crippen LogP contribution in [0.2, 0.25) is 0 Å². The smallest absolute Gasteiger partial charge is 0.137 e. The lowest BCUT2D eigenvalue weighted by Crippen LogP contribution is -2.37. The highest BCUT2D eigenvalue weighted by Crippen LogP contribution is 2.29. The van der Waals surface area contributed by atoms with Gasteiger partial charge in [0.25, 0.3) is 0 Å². The fourth-order valence-corrected chi connectivity index (χ4v) is 2.82. The number of hydrogen-bond donors (Lipinski definition) is 0. The summed E-state index contributed by atoms with van der Waals surface area (Å²) >= 11 is 0. The zero-order chi connectivity index (χ0) is 12.7. The molecule has 1 fully saturated rings. The van der Waals surface area contributed by atoms with Crippen molar-refractivity contribution in [3.8, 4) is 0 Å². The molecular weight excluding hydrogens is 210 g/mol. The predicted octanol–water partition coefficient (Wildman–Crippen LogP) is 3.50. The van der Waals surface area contributed by atoms with Gasteiger partial charge in [-0.15, -0.1) is 0 Å². The Labute approximate surface area is 107 Å². The van der Waals surface area contributed by atoms with Crippen LogP contribution in [0.15, 0.2) is 0 Å². The highest BCUT2D eigenvalue weighted by molar-refractivity contribution is 5.81. The van der Waals surface area contributed by atoms with Gasteiger partial charge < -0.3 is 4.90 Å². The van der Waals surface area contributed by atoms with Crippen LogP contribution >= 0.6 is 0 Å². The summed E-state index contributed by atoms with van der Waals surface area (Å²) in [5.74, 6) is 1.64. The van der Waals surface area contributed by atoms with Crippen molar-refractivity contribution in [2.24, 2.45) is 11.8 Å². The van der Waals surface area contributed by atoms with Crippen molar-refractivity contribution in [1.82, 2.24) is 4.90 Å². The Morgan fingerprint density at radius 2 is 2.06 bits per heavy atom. The molecule has 2 atom stereocenters. The number of hydrogen-bond acceptors (Lipinski definition) is 2. The zero-order valence-corrected chi connectivity index (χ0v) is 11.9. The molecule has 0 saturated heterocycles. The topological polar surface area (TPSA) is 20.3 Å². The summed E-state index contributed by atoms with van der Waals surface area (Å²) in [6.45, 7) is 9.94. The standard InChI is InChI=1S/C15H29NO/c1-4-7-10-16(6-3)12-14-11-13(5-2)8-9-15(14)17/h13-14H,4-12H2,1-3H3. The fraction of sp³-hybridized carbons (Fsp3) is 0.933. The van der Waals surface area contributed by atoms with E-state index in [2.05, 4.69) is 25.7 Å². The number of carbonyl (C=O) groups is 1. The van der Waals surface area contributed by atoms with Crippen molar-refractivity contribution >= 4 is 5.78 Å². The number of ketones is 1. The summed E-state index contributed by atoms with van der Waals surface area (Å²) in [7, 11) is 0. The summed E-state index contributed by atoms with van der Waals surface area (Å²) in [5.41, 5.74) is 0. The summed E-state index contributed by atoms with van der Waals surface area (Å²) in [6.07, 6.45) is 6.84. The fourth-order valence-electron chi connectivity index (χ4n) is 2.82. The molecule has 100 valence electrons. The minimum absolute atomic E-state index is 0.325. The van der Waals surface area contributed by atoms with E-state index in [1.807, 2.05) is 0 Å². The first kappa shape index (κ1) is 14.7. The van der Waals surface area contributed by atoms with Gasteiger partial charge in [-0.2, -0.15) is 0 Å². The molecule has 0 aliphatic heterocycles. The first-order valence-electron chi connectivity index (χ1n) is 7.46. The lowest BCUT2D eigenvalue weighted by molar-refractivity contribution is -0.126. The van der Waals surface area contributed by atoms with Gasteiger partial charge in [-0.05, 0) is 38.3 Å². The van der Waals surface area contributed by atoms with Gasteiger partial charge in [0.05, 0.1) is 0 Å². The second-order valence-electron chi connectivity index (χ2n) is 5.46. The summed E-state index contributed by atoms with van der Waals surface area (Å²) in [5, 5.41) is 0. The Bertz CT molecular complexity index is 227. The van der Waals surface area contributed by atoms with E-state index in [9.17, 15) is 4.79 Å². The number of nitrogens with zero attached hydrogens (tertiary/aromatic N) is 1. The quantitative estimate of drug-likeness (QED) is 0.677. The molecule has 0 N–H and O–H groups in total. The molecule has 0 aromatic rings. The number of Topliss-reactive ketones (excluding diaryl/α,β-unsaturated/α-hetero) is 1. The van der Waals surface area contributed by atoms with Gasteiger partial charge in [0.15, 0.2) is 0 Å². The highest BCUT2D eigenvalue weighted by atomic mass is 16.1. The SMILES string of the molecule is CCCCN(CC)CC1CC(CC)CCC1=O. The van der Waals surface area contributed by atoms with Crippen molar-refractivity contribution in [1.29, 1.82) is 0 Å². The molecule has 2 heteroatoms. The first-order valence-corrected chi connectivity index (χ1v) is 7.46. The molecule has 2 unspecified atom stereocenters. The Morgan fingerprint density at radius 3 is 2.65 bits per heavy atom. The van der Waals surface area contributed by atoms with E-state index in [1.165, 1.54) is 19.3 Å². The molecule has 1 rings (SSSR count). The molecule has 0 aromatic heterocycles. The molecule has 1 aliphatic rings. The van der Waals surface area contributed by atoms with E-state index in [0.717, 1.165) is 44.8 Å². The van der Waals surface area contributed by atoms with E-state index in [-0.39, 0.29) is 0 Å². The van der Waals surface area contributed by atoms with E-state index in [1.54, 1.807) is 0 Å². The van der Waals surface area contributed by atoms with Gasteiger partial charge in [-0.3, -0.25) is 4.79 Å². The van der Waals surface area contributed by atoms with Crippen LogP contribution in [0.5, 0.6) is 0 Å². The van der Waals surface area contributed by atoms with Crippen LogP contribution < -0.4 is 0 Å². The molecule has 2 nitrogen and oxygen atoms in total. The third-order valence-corrected chi connectivity index (χ3v) is 4.20. The molecule has 0 radical (unpaired) electrons. The largest absolute Gasteiger partial charge is 0.303 e. The summed E-state index contributed by atoms with van der Waals surface area (Å²) in [6, 6.07) is 0. The number of unbranched alkanes of at least 4 members (excludes halogenated alkanes) is 1. The Morgan fingerprint density at radius 1 is 1.29 bits per heavy atom. The van der Waals surface area contributed by atoms with Crippen molar-refractivity contribution < 1.29 is 4.79 Å². The van der Waals surface area contributed by atoms with Gasteiger partial charge in [0, 0.05) is 18.9 Å². The van der Waals surface area contributed by atoms with Crippen molar-refractivity contribution in [3.05, 3.63) is 0 Å². The molecule has 17 heavy (non-hydrogen) atoms. The van der Waals surface area contributed by atoms with E-state index < -0.39 is 0 Å². The van der Waals surface area contributed by atoms with Gasteiger partial charge in [-0.1, -0.05) is 33.6 Å². The van der Waals surface area contributed by atoms with Gasteiger partial charge in [0.2, 0.25) is 0 Å². The second kappa shape index (κ2) is 7.86. The summed E-state index contributed by atoms with van der Waals surface area (Å²) in [4.78, 5) is 14.4.